The number of hydrogen-bond acceptors (Lipinski definition) is 40. The molecule has 124 heavy (non-hydrogen) atoms. The Hall–Kier alpha value is -10.3. The van der Waals surface area contributed by atoms with Gasteiger partial charge in [0.25, 0.3) is 23.5 Å². The van der Waals surface area contributed by atoms with Crippen LogP contribution in [-0.4, -0.2) is 342 Å². The van der Waals surface area contributed by atoms with E-state index in [0.717, 1.165) is 18.0 Å². The zero-order valence-electron chi connectivity index (χ0n) is 67.0. The second-order valence-electron chi connectivity index (χ2n) is 29.8. The van der Waals surface area contributed by atoms with Crippen molar-refractivity contribution >= 4 is 34.6 Å². The molecular formula is C70H98F8N24O22. The highest BCUT2D eigenvalue weighted by molar-refractivity contribution is 5.96. The van der Waals surface area contributed by atoms with Gasteiger partial charge in [-0.25, -0.2) is 60.1 Å². The maximum absolute atomic E-state index is 14.4. The number of hydrogen-bond donors (Lipinski definition) is 20. The van der Waals surface area contributed by atoms with Gasteiger partial charge in [0, 0.05) is 53.4 Å². The van der Waals surface area contributed by atoms with E-state index in [4.69, 9.17) is 87.6 Å². The second kappa shape index (κ2) is 38.6. The largest absolute Gasteiger partial charge is 0.476 e. The van der Waals surface area contributed by atoms with E-state index in [1.807, 2.05) is 0 Å². The molecule has 0 aliphatic carbocycles. The minimum absolute atomic E-state index is 0.0267. The van der Waals surface area contributed by atoms with Crippen LogP contribution in [0.4, 0.5) is 35.1 Å². The normalized spacial score (nSPS) is 38.3. The third-order valence-electron chi connectivity index (χ3n) is 20.8. The van der Waals surface area contributed by atoms with E-state index in [9.17, 15) is 91.0 Å². The van der Waals surface area contributed by atoms with Gasteiger partial charge < -0.3 is 163 Å². The molecule has 1 amide bonds. The summed E-state index contributed by atoms with van der Waals surface area (Å²) >= 11 is 0. The third-order valence-corrected chi connectivity index (χ3v) is 20.8. The van der Waals surface area contributed by atoms with Gasteiger partial charge in [-0.3, -0.25) is 9.36 Å². The Morgan fingerprint density at radius 1 is 0.605 bits per heavy atom. The van der Waals surface area contributed by atoms with Crippen molar-refractivity contribution < 1.29 is 145 Å². The molecule has 686 valence electrons. The Balaban J connectivity index is 0.000000185. The van der Waals surface area contributed by atoms with Crippen LogP contribution in [0.25, 0.3) is 32.0 Å². The first-order chi connectivity index (χ1) is 57.9. The lowest BCUT2D eigenvalue weighted by Gasteiger charge is -2.38. The number of aliphatic hydroxyl groups excluding tert-OH is 11. The molecule has 0 saturated carbocycles. The minimum atomic E-state index is -3.02. The maximum Gasteiger partial charge on any atom is 0.268 e. The van der Waals surface area contributed by atoms with Gasteiger partial charge in [0.2, 0.25) is 5.88 Å². The highest BCUT2D eigenvalue weighted by atomic mass is 19.2. The number of carbonyl (C=O) groups excluding carboxylic acids is 1. The number of amidine groups is 3. The average Bonchev–Trinajstić information content (AvgIpc) is 1.60. The molecule has 25 atom stereocenters. The van der Waals surface area contributed by atoms with Crippen LogP contribution < -0.4 is 38.3 Å². The molecule has 0 aromatic carbocycles. The van der Waals surface area contributed by atoms with Crippen molar-refractivity contribution in [3.8, 4) is 5.88 Å². The van der Waals surface area contributed by atoms with Crippen LogP contribution in [0.5, 0.6) is 5.88 Å². The number of amides is 1. The van der Waals surface area contributed by atoms with E-state index in [0.29, 0.717) is 12.4 Å². The zero-order valence-corrected chi connectivity index (χ0v) is 67.0. The number of rotatable bonds is 19. The summed E-state index contributed by atoms with van der Waals surface area (Å²) in [6.45, 7) is 20.8. The third kappa shape index (κ3) is 19.5. The Morgan fingerprint density at radius 2 is 1.10 bits per heavy atom. The van der Waals surface area contributed by atoms with Gasteiger partial charge in [-0.2, -0.15) is 4.98 Å². The Morgan fingerprint density at radius 3 is 1.58 bits per heavy atom. The first-order valence-corrected chi connectivity index (χ1v) is 37.0. The van der Waals surface area contributed by atoms with Crippen molar-refractivity contribution in [1.29, 1.82) is 0 Å². The minimum Gasteiger partial charge on any atom is -0.476 e. The average molecular weight is 1780 g/mol. The molecule has 24 N–H and O–H groups in total. The summed E-state index contributed by atoms with van der Waals surface area (Å²) < 4.78 is 151. The van der Waals surface area contributed by atoms with Gasteiger partial charge in [0.05, 0.1) is 45.5 Å². The summed E-state index contributed by atoms with van der Waals surface area (Å²) in [5.74, 6) is -8.59. The predicted molar refractivity (Wildman–Crippen MR) is 413 cm³/mol. The number of fused-ring (bicyclic) bond motifs is 1. The number of imidazole rings is 1. The molecule has 54 heteroatoms. The molecule has 2 aromatic rings. The molecule has 6 fully saturated rings. The fourth-order valence-corrected chi connectivity index (χ4v) is 13.7. The fourth-order valence-electron chi connectivity index (χ4n) is 13.7. The quantitative estimate of drug-likeness (QED) is 0.0293. The summed E-state index contributed by atoms with van der Waals surface area (Å²) in [5.41, 5.74) is 28.1. The van der Waals surface area contributed by atoms with Gasteiger partial charge in [0.15, 0.2) is 84.9 Å². The van der Waals surface area contributed by atoms with Crippen LogP contribution in [0.1, 0.15) is 53.1 Å². The number of carbonyl (C=O) groups is 1. The number of alkyl halides is 7. The Labute approximate surface area is 699 Å². The summed E-state index contributed by atoms with van der Waals surface area (Å²) in [5, 5.41) is 147. The van der Waals surface area contributed by atoms with Crippen LogP contribution in [0.2, 0.25) is 0 Å². The van der Waals surface area contributed by atoms with E-state index < -0.39 is 208 Å². The van der Waals surface area contributed by atoms with Crippen LogP contribution in [0, 0.1) is 6.92 Å². The highest BCUT2D eigenvalue weighted by Crippen LogP contribution is 2.49. The summed E-state index contributed by atoms with van der Waals surface area (Å²) in [7, 11) is 0. The summed E-state index contributed by atoms with van der Waals surface area (Å²) in [6.07, 6.45) is -11.7. The molecule has 11 aliphatic heterocycles. The number of halogens is 8. The van der Waals surface area contributed by atoms with Crippen molar-refractivity contribution in [3.05, 3.63) is 156 Å². The zero-order chi connectivity index (χ0) is 92.9. The Bertz CT molecular complexity index is 4620. The monoisotopic (exact) mass is 1780 g/mol. The van der Waals surface area contributed by atoms with E-state index >= 15 is 0 Å². The molecule has 0 radical (unpaired) electrons. The van der Waals surface area contributed by atoms with Crippen molar-refractivity contribution in [1.82, 2.24) is 54.7 Å². The van der Waals surface area contributed by atoms with E-state index in [1.165, 1.54) is 94.3 Å². The number of azide groups is 2. The number of nitrogens with zero attached hydrogens (tertiary/aromatic N) is 18. The van der Waals surface area contributed by atoms with Crippen LogP contribution in [-0.2, 0) is 33.2 Å². The molecule has 13 heterocycles. The summed E-state index contributed by atoms with van der Waals surface area (Å²) in [4.78, 5) is 45.9. The first kappa shape index (κ1) is 99.1. The van der Waals surface area contributed by atoms with Crippen molar-refractivity contribution in [2.24, 2.45) is 48.1 Å². The van der Waals surface area contributed by atoms with Gasteiger partial charge in [-0.1, -0.05) is 43.1 Å². The number of aromatic nitrogens is 4. The van der Waals surface area contributed by atoms with Crippen molar-refractivity contribution in [3.63, 3.8) is 0 Å². The molecule has 11 aliphatic rings. The number of aliphatic hydroxyl groups is 14. The molecule has 0 spiro atoms. The molecule has 1 unspecified atom stereocenters. The lowest BCUT2D eigenvalue weighted by Crippen LogP contribution is -2.55. The Kier molecular flexibility index (Phi) is 30.9. The van der Waals surface area contributed by atoms with Gasteiger partial charge >= 0.3 is 0 Å². The van der Waals surface area contributed by atoms with E-state index in [2.05, 4.69) is 93.5 Å². The molecule has 46 nitrogen and oxygen atoms in total. The van der Waals surface area contributed by atoms with Crippen LogP contribution >= 0.6 is 0 Å². The van der Waals surface area contributed by atoms with Crippen LogP contribution in [0.3, 0.4) is 0 Å². The van der Waals surface area contributed by atoms with E-state index in [1.54, 1.807) is 19.9 Å². The highest BCUT2D eigenvalue weighted by Gasteiger charge is 2.67. The standard InChI is InChI=1S/C14H18F2N4O4.C12H17FN6O3.C11H14F2N6O3.C11H18FN3O4.C11H16FN3O4.C11H15FN2O4/c1-4-23-10-8-9(18-7(2)19-10)20(6-17-8)12-13(3,22)11(15)14(16,5-21)24-12;1-7-17-8(14)2-5-19(7)11-9(13)10(21)12(6-20,22-11)3-4-16-18-15;1-5-17-9(14)6(12)2-19(5)10-7(13)8(21)11(4-20,22-10)3-16-18-15;2*1-6-14-7(13)3-4-15(6)9-10(2,18)8(17)11(12,5-16)19-9;1-6-13-7(16)3-4-14(6)10-8(12)9(17)11(2,5-15)18-10/h6,11-12,21-22H,4-5H2,1-3H3;2,5,9-11,20-21H,1,3-4,6H2,(H2,14,17);2,7-8,10,20-21H,1,3-4H2,(H2,14,17);3-4,7-9,14,16-18H,1,5,13H2,2H3;3-4,8-9,16-18H,1,5H2,2H3,(H2,13,14);3-4,8-10,15,17H,1,5H2,2H3,(H,13,16)/t11-,12+,13+,14+;9-,10+,11-,12-;7-,8+,10-,11-;7?,8-,9+,10+,11+;8-,9+,10+,11+;8-,9+,10-,11-/m011001/s1. The molecule has 2 aromatic heterocycles. The second-order valence-corrected chi connectivity index (χ2v) is 29.8. The number of nitrogens with one attached hydrogen (secondary N) is 2. The summed E-state index contributed by atoms with van der Waals surface area (Å²) in [6, 6.07) is 0. The predicted octanol–water partition coefficient (Wildman–Crippen LogP) is -2.75. The maximum atomic E-state index is 14.4. The number of aliphatic imine (C=N–C) groups is 3. The molecule has 0 bridgehead atoms. The van der Waals surface area contributed by atoms with Gasteiger partial charge in [0.1, 0.15) is 131 Å². The van der Waals surface area contributed by atoms with Gasteiger partial charge in [-0.05, 0) is 77.3 Å². The van der Waals surface area contributed by atoms with Crippen molar-refractivity contribution in [2.75, 3.05) is 59.3 Å². The number of aryl methyl sites for hydroxylation is 1. The fraction of sp³-hybridized carbons (Fsp3) is 0.586. The SMILES string of the molecule is C=C1N=C(N)C(F)=CN1[C@@H]1O[C@@](CO)(CN=[N+]=[N-])[C@@H](O)[C@H]1F.C=C1N=C(N)C=CN1[C@@H]1O[C@@](CO)(CCN=[N+]=[N-])[C@@H](O)[C@H]1F.C=C1N=C(N)C=CN1[C@@H]1O[C@](F)(CO)[C@@H](O)[C@@]1(C)O.C=C1NC(=O)C=CN1[C@@H]1O[C@](C)(CO)[C@@H](O)[C@H]1F.C=C1NC(N)C=CN1[C@@H]1O[C@](F)(CO)[C@@H](O)[C@@]1(C)O.CCOc1nc(C)nc2c1ncn2[C@@H]1O[C@](F)(CO)[C@@H](F)[C@@]1(C)O. The molecule has 6 saturated heterocycles. The number of ether oxygens (including phenoxy) is 7. The van der Waals surface area contributed by atoms with Crippen molar-refractivity contribution in [2.45, 2.75) is 198 Å². The lowest BCUT2D eigenvalue weighted by atomic mass is 9.93. The van der Waals surface area contributed by atoms with E-state index in [-0.39, 0.29) is 76.7 Å². The van der Waals surface area contributed by atoms with Gasteiger partial charge in [-0.15, -0.1) is 0 Å². The first-order valence-electron chi connectivity index (χ1n) is 37.0. The topological polar surface area (TPSA) is 687 Å². The number of nitrogens with two attached hydrogens (primary N) is 4. The molecular weight excluding hydrogens is 1680 g/mol. The molecule has 13 rings (SSSR count). The lowest BCUT2D eigenvalue weighted by molar-refractivity contribution is -0.210. The smallest absolute Gasteiger partial charge is 0.268 e. The van der Waals surface area contributed by atoms with Crippen LogP contribution in [0.15, 0.2) is 155 Å².